The van der Waals surface area contributed by atoms with Crippen LogP contribution in [0.3, 0.4) is 0 Å². The number of halogens is 3. The second kappa shape index (κ2) is 10.8. The summed E-state index contributed by atoms with van der Waals surface area (Å²) in [6.07, 6.45) is 3.55. The Bertz CT molecular complexity index is 1400. The fraction of sp³-hybridized carbons (Fsp3) is 0.0741. The van der Waals surface area contributed by atoms with E-state index in [9.17, 15) is 18.8 Å². The van der Waals surface area contributed by atoms with Crippen LogP contribution in [0.1, 0.15) is 16.7 Å². The second-order valence-corrected chi connectivity index (χ2v) is 8.65. The molecular formula is C27H19Cl2FN2O4. The van der Waals surface area contributed by atoms with E-state index in [4.69, 9.17) is 27.9 Å². The molecule has 4 amide bonds. The summed E-state index contributed by atoms with van der Waals surface area (Å²) in [6.45, 7) is 4.02. The molecule has 0 aliphatic carbocycles. The van der Waals surface area contributed by atoms with Gasteiger partial charge in [-0.05, 0) is 77.7 Å². The number of hydrogen-bond acceptors (Lipinski definition) is 4. The second-order valence-electron chi connectivity index (χ2n) is 7.83. The molecule has 0 saturated carbocycles. The first kappa shape index (κ1) is 25.2. The third-order valence-electron chi connectivity index (χ3n) is 5.32. The highest BCUT2D eigenvalue weighted by Gasteiger charge is 2.36. The Morgan fingerprint density at radius 2 is 1.72 bits per heavy atom. The van der Waals surface area contributed by atoms with E-state index in [0.29, 0.717) is 27.8 Å². The van der Waals surface area contributed by atoms with E-state index < -0.39 is 23.7 Å². The maximum absolute atomic E-state index is 13.3. The highest BCUT2D eigenvalue weighted by atomic mass is 35.5. The first-order chi connectivity index (χ1) is 17.3. The molecule has 9 heteroatoms. The maximum atomic E-state index is 13.3. The van der Waals surface area contributed by atoms with Crippen LogP contribution in [-0.4, -0.2) is 17.8 Å². The van der Waals surface area contributed by atoms with Crippen LogP contribution in [-0.2, 0) is 22.6 Å². The first-order valence-corrected chi connectivity index (χ1v) is 11.5. The molecule has 3 aromatic rings. The summed E-state index contributed by atoms with van der Waals surface area (Å²) in [7, 11) is 0. The minimum atomic E-state index is -0.910. The van der Waals surface area contributed by atoms with E-state index in [2.05, 4.69) is 11.9 Å². The zero-order valence-corrected chi connectivity index (χ0v) is 20.3. The van der Waals surface area contributed by atoms with Gasteiger partial charge in [-0.25, -0.2) is 14.1 Å². The molecule has 1 aliphatic rings. The third-order valence-corrected chi connectivity index (χ3v) is 6.06. The number of hydrogen-bond donors (Lipinski definition) is 1. The molecule has 36 heavy (non-hydrogen) atoms. The highest BCUT2D eigenvalue weighted by molar-refractivity contribution is 6.42. The summed E-state index contributed by atoms with van der Waals surface area (Å²) < 4.78 is 19.3. The van der Waals surface area contributed by atoms with E-state index in [1.807, 2.05) is 6.07 Å². The third kappa shape index (κ3) is 5.48. The average Bonchev–Trinajstić information content (AvgIpc) is 2.84. The Balaban J connectivity index is 1.60. The van der Waals surface area contributed by atoms with Crippen LogP contribution >= 0.6 is 23.2 Å². The number of ether oxygens (including phenoxy) is 1. The van der Waals surface area contributed by atoms with Gasteiger partial charge < -0.3 is 4.74 Å². The zero-order valence-electron chi connectivity index (χ0n) is 18.8. The summed E-state index contributed by atoms with van der Waals surface area (Å²) >= 11 is 12.0. The minimum Gasteiger partial charge on any atom is -0.489 e. The van der Waals surface area contributed by atoms with Crippen molar-refractivity contribution in [2.75, 3.05) is 4.90 Å². The first-order valence-electron chi connectivity index (χ1n) is 10.7. The molecule has 0 aromatic heterocycles. The van der Waals surface area contributed by atoms with Gasteiger partial charge in [0.2, 0.25) is 0 Å². The number of imide groups is 2. The van der Waals surface area contributed by atoms with Gasteiger partial charge in [0.25, 0.3) is 11.8 Å². The fourth-order valence-electron chi connectivity index (χ4n) is 3.58. The normalized spacial score (nSPS) is 14.7. The van der Waals surface area contributed by atoms with Gasteiger partial charge in [-0.1, -0.05) is 41.4 Å². The van der Waals surface area contributed by atoms with Crippen molar-refractivity contribution in [3.05, 3.63) is 111 Å². The zero-order chi connectivity index (χ0) is 25.8. The molecule has 3 aromatic carbocycles. The lowest BCUT2D eigenvalue weighted by Crippen LogP contribution is -2.54. The SMILES string of the molecule is C=CCc1cc(/C=C2\C(=O)NC(=O)N(c3ccc(F)cc3)C2=O)ccc1OCc1ccc(Cl)c(Cl)c1. The predicted octanol–water partition coefficient (Wildman–Crippen LogP) is 6.11. The maximum Gasteiger partial charge on any atom is 0.335 e. The van der Waals surface area contributed by atoms with Crippen molar-refractivity contribution in [3.8, 4) is 5.75 Å². The van der Waals surface area contributed by atoms with Gasteiger partial charge in [0.05, 0.1) is 15.7 Å². The van der Waals surface area contributed by atoms with Crippen LogP contribution in [0.5, 0.6) is 5.75 Å². The van der Waals surface area contributed by atoms with Gasteiger partial charge in [-0.15, -0.1) is 6.58 Å². The molecule has 4 rings (SSSR count). The molecule has 6 nitrogen and oxygen atoms in total. The minimum absolute atomic E-state index is 0.135. The Hall–Kier alpha value is -3.94. The van der Waals surface area contributed by atoms with E-state index in [-0.39, 0.29) is 17.9 Å². The number of carbonyl (C=O) groups is 3. The number of anilines is 1. The topological polar surface area (TPSA) is 75.7 Å². The molecule has 1 fully saturated rings. The van der Waals surface area contributed by atoms with Gasteiger partial charge in [0.1, 0.15) is 23.7 Å². The van der Waals surface area contributed by atoms with Crippen molar-refractivity contribution in [1.82, 2.24) is 5.32 Å². The standard InChI is InChI=1S/C27H19Cl2FN2O4/c1-2-3-18-12-16(5-11-24(18)36-15-17-4-10-22(28)23(29)14-17)13-21-25(33)31-27(35)32(26(21)34)20-8-6-19(30)7-9-20/h2,4-14H,1,3,15H2,(H,31,33,35)/b21-13+. The van der Waals surface area contributed by atoms with Gasteiger partial charge in [-0.2, -0.15) is 0 Å². The van der Waals surface area contributed by atoms with Crippen LogP contribution in [0.15, 0.2) is 78.9 Å². The quantitative estimate of drug-likeness (QED) is 0.230. The molecule has 1 N–H and O–H groups in total. The Morgan fingerprint density at radius 1 is 0.972 bits per heavy atom. The molecule has 1 aliphatic heterocycles. The highest BCUT2D eigenvalue weighted by Crippen LogP contribution is 2.27. The number of barbiturate groups is 1. The van der Waals surface area contributed by atoms with E-state index in [0.717, 1.165) is 28.2 Å². The number of nitrogens with zero attached hydrogens (tertiary/aromatic N) is 1. The van der Waals surface area contributed by atoms with Crippen molar-refractivity contribution in [2.24, 2.45) is 0 Å². The number of benzene rings is 3. The van der Waals surface area contributed by atoms with Crippen LogP contribution in [0, 0.1) is 5.82 Å². The summed E-state index contributed by atoms with van der Waals surface area (Å²) in [5, 5.41) is 3.02. The Labute approximate surface area is 216 Å². The lowest BCUT2D eigenvalue weighted by Gasteiger charge is -2.26. The van der Waals surface area contributed by atoms with Gasteiger partial charge in [0, 0.05) is 0 Å². The summed E-state index contributed by atoms with van der Waals surface area (Å²) in [5.41, 5.74) is 2.04. The van der Waals surface area contributed by atoms with Crippen LogP contribution < -0.4 is 15.0 Å². The Morgan fingerprint density at radius 3 is 2.42 bits per heavy atom. The molecule has 0 spiro atoms. The van der Waals surface area contributed by atoms with Gasteiger partial charge >= 0.3 is 6.03 Å². The van der Waals surface area contributed by atoms with Crippen molar-refractivity contribution < 1.29 is 23.5 Å². The summed E-state index contributed by atoms with van der Waals surface area (Å²) in [5.74, 6) is -1.58. The molecule has 0 bridgehead atoms. The van der Waals surface area contributed by atoms with Crippen molar-refractivity contribution in [2.45, 2.75) is 13.0 Å². The molecule has 0 atom stereocenters. The monoisotopic (exact) mass is 524 g/mol. The van der Waals surface area contributed by atoms with Crippen molar-refractivity contribution in [1.29, 1.82) is 0 Å². The van der Waals surface area contributed by atoms with Crippen molar-refractivity contribution in [3.63, 3.8) is 0 Å². The number of amides is 4. The fourth-order valence-corrected chi connectivity index (χ4v) is 3.90. The van der Waals surface area contributed by atoms with Gasteiger partial charge in [0.15, 0.2) is 0 Å². The van der Waals surface area contributed by atoms with Crippen LogP contribution in [0.2, 0.25) is 10.0 Å². The number of carbonyl (C=O) groups excluding carboxylic acids is 3. The smallest absolute Gasteiger partial charge is 0.335 e. The number of rotatable bonds is 7. The molecule has 1 saturated heterocycles. The Kier molecular flexibility index (Phi) is 7.52. The summed E-state index contributed by atoms with van der Waals surface area (Å²) in [4.78, 5) is 38.6. The molecule has 0 radical (unpaired) electrons. The van der Waals surface area contributed by atoms with E-state index in [1.165, 1.54) is 18.2 Å². The largest absolute Gasteiger partial charge is 0.489 e. The van der Waals surface area contributed by atoms with Crippen LogP contribution in [0.25, 0.3) is 6.08 Å². The van der Waals surface area contributed by atoms with Crippen LogP contribution in [0.4, 0.5) is 14.9 Å². The molecule has 182 valence electrons. The lowest BCUT2D eigenvalue weighted by molar-refractivity contribution is -0.122. The summed E-state index contributed by atoms with van der Waals surface area (Å²) in [6, 6.07) is 14.3. The van der Waals surface area contributed by atoms with Gasteiger partial charge in [-0.3, -0.25) is 14.9 Å². The molecular weight excluding hydrogens is 506 g/mol. The van der Waals surface area contributed by atoms with E-state index in [1.54, 1.807) is 36.4 Å². The molecule has 0 unspecified atom stereocenters. The molecule has 1 heterocycles. The average molecular weight is 525 g/mol. The predicted molar refractivity (Wildman–Crippen MR) is 137 cm³/mol. The number of urea groups is 1. The van der Waals surface area contributed by atoms with E-state index >= 15 is 0 Å². The lowest BCUT2D eigenvalue weighted by atomic mass is 10.0. The number of allylic oxidation sites excluding steroid dienone is 1. The number of nitrogens with one attached hydrogen (secondary N) is 1. The van der Waals surface area contributed by atoms with Crippen molar-refractivity contribution >= 4 is 52.8 Å².